The number of unbranched alkanes of at least 4 members (excludes halogenated alkanes) is 3. The van der Waals surface area contributed by atoms with Gasteiger partial charge >= 0.3 is 0 Å². The molecule has 4 nitrogen and oxygen atoms in total. The molecule has 4 heteroatoms. The van der Waals surface area contributed by atoms with E-state index in [9.17, 15) is 0 Å². The lowest BCUT2D eigenvalue weighted by molar-refractivity contribution is 0.486. The van der Waals surface area contributed by atoms with Gasteiger partial charge in [0, 0.05) is 12.2 Å². The Bertz CT molecular complexity index is 503. The lowest BCUT2D eigenvalue weighted by Gasteiger charge is -2.15. The average Bonchev–Trinajstić information content (AvgIpc) is 2.70. The number of nitrogens with zero attached hydrogens (tertiary/aromatic N) is 3. The highest BCUT2D eigenvalue weighted by Gasteiger charge is 2.13. The Morgan fingerprint density at radius 2 is 2.17 bits per heavy atom. The molecule has 0 aliphatic rings. The van der Waals surface area contributed by atoms with E-state index in [1.165, 1.54) is 25.7 Å². The normalized spacial score (nSPS) is 13.0. The average molecular weight is 246 g/mol. The predicted octanol–water partition coefficient (Wildman–Crippen LogP) is 3.54. The van der Waals surface area contributed by atoms with E-state index in [1.54, 1.807) is 12.4 Å². The van der Waals surface area contributed by atoms with Crippen LogP contribution < -0.4 is 5.73 Å². The number of pyridine rings is 1. The van der Waals surface area contributed by atoms with Gasteiger partial charge in [0.05, 0.1) is 11.7 Å². The maximum Gasteiger partial charge on any atom is 0.201 e. The molecule has 0 aliphatic heterocycles. The Hall–Kier alpha value is -1.58. The number of fused-ring (bicyclic) bond motifs is 1. The number of anilines is 1. The van der Waals surface area contributed by atoms with Crippen molar-refractivity contribution in [1.82, 2.24) is 14.5 Å². The smallest absolute Gasteiger partial charge is 0.201 e. The van der Waals surface area contributed by atoms with Gasteiger partial charge in [-0.15, -0.1) is 0 Å². The van der Waals surface area contributed by atoms with Crippen molar-refractivity contribution in [1.29, 1.82) is 0 Å². The lowest BCUT2D eigenvalue weighted by atomic mass is 10.1. The number of imidazole rings is 1. The van der Waals surface area contributed by atoms with Crippen LogP contribution in [0, 0.1) is 0 Å². The van der Waals surface area contributed by atoms with E-state index in [0.29, 0.717) is 12.0 Å². The van der Waals surface area contributed by atoms with Crippen molar-refractivity contribution in [2.45, 2.75) is 52.0 Å². The van der Waals surface area contributed by atoms with Gasteiger partial charge in [0.15, 0.2) is 0 Å². The Morgan fingerprint density at radius 3 is 2.94 bits per heavy atom. The van der Waals surface area contributed by atoms with Gasteiger partial charge in [0.25, 0.3) is 0 Å². The molecule has 0 aromatic carbocycles. The Morgan fingerprint density at radius 1 is 1.33 bits per heavy atom. The summed E-state index contributed by atoms with van der Waals surface area (Å²) in [6.45, 7) is 4.45. The molecule has 2 rings (SSSR count). The fraction of sp³-hybridized carbons (Fsp3) is 0.571. The molecular weight excluding hydrogens is 224 g/mol. The van der Waals surface area contributed by atoms with Crippen LogP contribution in [0.4, 0.5) is 5.95 Å². The van der Waals surface area contributed by atoms with Crippen molar-refractivity contribution in [3.05, 3.63) is 18.5 Å². The van der Waals surface area contributed by atoms with Crippen LogP contribution in [0.15, 0.2) is 18.5 Å². The first kappa shape index (κ1) is 12.9. The van der Waals surface area contributed by atoms with Gasteiger partial charge in [-0.1, -0.05) is 32.6 Å². The van der Waals surface area contributed by atoms with E-state index < -0.39 is 0 Å². The van der Waals surface area contributed by atoms with Crippen molar-refractivity contribution >= 4 is 17.0 Å². The van der Waals surface area contributed by atoms with Crippen LogP contribution in [0.2, 0.25) is 0 Å². The van der Waals surface area contributed by atoms with Crippen LogP contribution in [-0.2, 0) is 0 Å². The van der Waals surface area contributed by atoms with Gasteiger partial charge in [0.1, 0.15) is 5.52 Å². The topological polar surface area (TPSA) is 56.7 Å². The van der Waals surface area contributed by atoms with Crippen molar-refractivity contribution in [2.24, 2.45) is 0 Å². The van der Waals surface area contributed by atoms with Gasteiger partial charge in [-0.25, -0.2) is 4.98 Å². The summed E-state index contributed by atoms with van der Waals surface area (Å²) in [5.74, 6) is 0.598. The van der Waals surface area contributed by atoms with E-state index >= 15 is 0 Å². The largest absolute Gasteiger partial charge is 0.369 e. The number of nitrogen functional groups attached to an aromatic ring is 1. The Labute approximate surface area is 108 Å². The second-order valence-corrected chi connectivity index (χ2v) is 4.90. The van der Waals surface area contributed by atoms with Crippen LogP contribution in [0.25, 0.3) is 11.0 Å². The maximum absolute atomic E-state index is 6.01. The molecule has 0 saturated heterocycles. The second kappa shape index (κ2) is 5.85. The molecule has 0 fully saturated rings. The molecule has 1 unspecified atom stereocenters. The molecule has 0 spiro atoms. The standard InChI is InChI=1S/C14H22N4/c1-3-4-5-6-7-11(2)18-13-8-9-16-10-12(13)17-14(18)15/h8-11H,3-7H2,1-2H3,(H2,15,17). The lowest BCUT2D eigenvalue weighted by Crippen LogP contribution is -2.08. The van der Waals surface area contributed by atoms with Crippen LogP contribution >= 0.6 is 0 Å². The third-order valence-electron chi connectivity index (χ3n) is 3.44. The molecule has 0 bridgehead atoms. The summed E-state index contributed by atoms with van der Waals surface area (Å²) in [5.41, 5.74) is 7.98. The summed E-state index contributed by atoms with van der Waals surface area (Å²) in [5, 5.41) is 0. The van der Waals surface area contributed by atoms with Crippen molar-refractivity contribution < 1.29 is 0 Å². The minimum atomic E-state index is 0.397. The summed E-state index contributed by atoms with van der Waals surface area (Å²) in [4.78, 5) is 8.44. The molecule has 2 N–H and O–H groups in total. The molecule has 0 aliphatic carbocycles. The fourth-order valence-corrected chi connectivity index (χ4v) is 2.43. The van der Waals surface area contributed by atoms with E-state index in [-0.39, 0.29) is 0 Å². The van der Waals surface area contributed by atoms with E-state index in [0.717, 1.165) is 17.5 Å². The second-order valence-electron chi connectivity index (χ2n) is 4.90. The number of aromatic nitrogens is 3. The van der Waals surface area contributed by atoms with Crippen molar-refractivity contribution in [3.8, 4) is 0 Å². The molecule has 0 saturated carbocycles. The maximum atomic E-state index is 6.01. The summed E-state index contributed by atoms with van der Waals surface area (Å²) >= 11 is 0. The van der Waals surface area contributed by atoms with Crippen molar-refractivity contribution in [3.63, 3.8) is 0 Å². The molecular formula is C14H22N4. The summed E-state index contributed by atoms with van der Waals surface area (Å²) in [6, 6.07) is 2.38. The fourth-order valence-electron chi connectivity index (χ4n) is 2.43. The highest BCUT2D eigenvalue weighted by atomic mass is 15.2. The predicted molar refractivity (Wildman–Crippen MR) is 75.4 cm³/mol. The SMILES string of the molecule is CCCCCCC(C)n1c(N)nc2cnccc21. The minimum Gasteiger partial charge on any atom is -0.369 e. The monoisotopic (exact) mass is 246 g/mol. The summed E-state index contributed by atoms with van der Waals surface area (Å²) in [7, 11) is 0. The van der Waals surface area contributed by atoms with Crippen LogP contribution in [0.1, 0.15) is 52.0 Å². The zero-order valence-electron chi connectivity index (χ0n) is 11.3. The number of hydrogen-bond donors (Lipinski definition) is 1. The van der Waals surface area contributed by atoms with Crippen LogP contribution in [-0.4, -0.2) is 14.5 Å². The quantitative estimate of drug-likeness (QED) is 0.793. The minimum absolute atomic E-state index is 0.397. The summed E-state index contributed by atoms with van der Waals surface area (Å²) < 4.78 is 2.13. The van der Waals surface area contributed by atoms with Gasteiger partial charge in [0.2, 0.25) is 5.95 Å². The number of hydrogen-bond acceptors (Lipinski definition) is 3. The highest BCUT2D eigenvalue weighted by molar-refractivity contribution is 5.77. The van der Waals surface area contributed by atoms with Gasteiger partial charge in [-0.2, -0.15) is 0 Å². The third-order valence-corrected chi connectivity index (χ3v) is 3.44. The first-order valence-electron chi connectivity index (χ1n) is 6.81. The molecule has 0 amide bonds. The molecule has 2 aromatic heterocycles. The number of nitrogens with two attached hydrogens (primary N) is 1. The summed E-state index contributed by atoms with van der Waals surface area (Å²) in [6.07, 6.45) is 9.86. The van der Waals surface area contributed by atoms with Crippen LogP contribution in [0.3, 0.4) is 0 Å². The van der Waals surface area contributed by atoms with Crippen molar-refractivity contribution in [2.75, 3.05) is 5.73 Å². The first-order valence-corrected chi connectivity index (χ1v) is 6.81. The molecule has 1 atom stereocenters. The Balaban J connectivity index is 2.12. The van der Waals surface area contributed by atoms with Gasteiger partial charge in [-0.3, -0.25) is 4.98 Å². The third kappa shape index (κ3) is 2.63. The zero-order chi connectivity index (χ0) is 13.0. The zero-order valence-corrected chi connectivity index (χ0v) is 11.3. The van der Waals surface area contributed by atoms with Crippen LogP contribution in [0.5, 0.6) is 0 Å². The van der Waals surface area contributed by atoms with Gasteiger partial charge in [-0.05, 0) is 19.4 Å². The molecule has 18 heavy (non-hydrogen) atoms. The molecule has 2 heterocycles. The van der Waals surface area contributed by atoms with E-state index in [1.807, 2.05) is 6.07 Å². The number of rotatable bonds is 6. The molecule has 98 valence electrons. The first-order chi connectivity index (χ1) is 8.74. The van der Waals surface area contributed by atoms with E-state index in [4.69, 9.17) is 5.73 Å². The van der Waals surface area contributed by atoms with E-state index in [2.05, 4.69) is 28.4 Å². The highest BCUT2D eigenvalue weighted by Crippen LogP contribution is 2.25. The Kier molecular flexibility index (Phi) is 4.18. The molecule has 2 aromatic rings. The van der Waals surface area contributed by atoms with Gasteiger partial charge < -0.3 is 10.3 Å². The molecule has 0 radical (unpaired) electrons.